The topological polar surface area (TPSA) is 74.0 Å². The van der Waals surface area contributed by atoms with Crippen LogP contribution in [0.25, 0.3) is 11.0 Å². The number of nitrogens with zero attached hydrogens (tertiary/aromatic N) is 2. The smallest absolute Gasteiger partial charge is 0.294 e. The van der Waals surface area contributed by atoms with E-state index >= 15 is 0 Å². The number of amides is 1. The van der Waals surface area contributed by atoms with E-state index in [-0.39, 0.29) is 11.3 Å². The lowest BCUT2D eigenvalue weighted by Gasteiger charge is -2.27. The molecule has 0 saturated carbocycles. The first-order valence-corrected chi connectivity index (χ1v) is 11.1. The molecule has 0 saturated heterocycles. The highest BCUT2D eigenvalue weighted by molar-refractivity contribution is 6.31. The number of rotatable bonds is 5. The zero-order chi connectivity index (χ0) is 24.0. The molecule has 5 rings (SSSR count). The van der Waals surface area contributed by atoms with Gasteiger partial charge in [0.25, 0.3) is 5.91 Å². The average molecular weight is 473 g/mol. The largest absolute Gasteiger partial charge is 0.503 e. The predicted molar refractivity (Wildman–Crippen MR) is 133 cm³/mol. The zero-order valence-corrected chi connectivity index (χ0v) is 19.3. The average Bonchev–Trinajstić information content (AvgIpc) is 3.38. The maximum Gasteiger partial charge on any atom is 0.294 e. The molecule has 7 heteroatoms. The molecule has 1 aromatic heterocycles. The van der Waals surface area contributed by atoms with Crippen molar-refractivity contribution in [1.29, 1.82) is 0 Å². The predicted octanol–water partition coefficient (Wildman–Crippen LogP) is 5.94. The number of carbonyl (C=O) groups is 2. The van der Waals surface area contributed by atoms with Crippen LogP contribution in [0.2, 0.25) is 5.02 Å². The normalized spacial score (nSPS) is 15.9. The number of hydrogen-bond acceptors (Lipinski definition) is 5. The van der Waals surface area contributed by atoms with Crippen molar-refractivity contribution in [1.82, 2.24) is 0 Å². The summed E-state index contributed by atoms with van der Waals surface area (Å²) in [5, 5.41) is 12.1. The van der Waals surface area contributed by atoms with Crippen molar-refractivity contribution in [3.05, 3.63) is 107 Å². The number of Topliss-reactive ketones (excluding diaryl/α,β-unsaturated/α-hetero) is 1. The molecule has 1 unspecified atom stereocenters. The van der Waals surface area contributed by atoms with E-state index < -0.39 is 23.5 Å². The SMILES string of the molecule is CN(C)c1ccc(N2C(=O)C(O)=C(C(=O)c3cc4cc(Cl)ccc4o3)C2c2ccccc2)cc1. The minimum absolute atomic E-state index is 0.0253. The number of aliphatic hydroxyl groups is 1. The summed E-state index contributed by atoms with van der Waals surface area (Å²) in [5.41, 5.74) is 2.68. The molecule has 6 nitrogen and oxygen atoms in total. The zero-order valence-electron chi connectivity index (χ0n) is 18.5. The van der Waals surface area contributed by atoms with E-state index in [2.05, 4.69) is 0 Å². The highest BCUT2D eigenvalue weighted by atomic mass is 35.5. The molecule has 3 aromatic carbocycles. The Bertz CT molecular complexity index is 1440. The van der Waals surface area contributed by atoms with Crippen LogP contribution in [0.3, 0.4) is 0 Å². The Kier molecular flexibility index (Phi) is 5.38. The summed E-state index contributed by atoms with van der Waals surface area (Å²) in [6.07, 6.45) is 0. The molecule has 0 bridgehead atoms. The third-order valence-corrected chi connectivity index (χ3v) is 6.15. The fraction of sp³-hybridized carbons (Fsp3) is 0.111. The summed E-state index contributed by atoms with van der Waals surface area (Å²) in [6.45, 7) is 0. The lowest BCUT2D eigenvalue weighted by molar-refractivity contribution is -0.117. The van der Waals surface area contributed by atoms with Gasteiger partial charge < -0.3 is 14.4 Å². The van der Waals surface area contributed by atoms with E-state index in [4.69, 9.17) is 16.0 Å². The summed E-state index contributed by atoms with van der Waals surface area (Å²) in [5.74, 6) is -1.76. The van der Waals surface area contributed by atoms with Gasteiger partial charge >= 0.3 is 0 Å². The second kappa shape index (κ2) is 8.39. The minimum Gasteiger partial charge on any atom is -0.503 e. The fourth-order valence-corrected chi connectivity index (χ4v) is 4.41. The van der Waals surface area contributed by atoms with Crippen molar-refractivity contribution >= 4 is 45.6 Å². The van der Waals surface area contributed by atoms with Crippen molar-refractivity contribution in [2.24, 2.45) is 0 Å². The number of hydrogen-bond donors (Lipinski definition) is 1. The van der Waals surface area contributed by atoms with Gasteiger partial charge in [-0.25, -0.2) is 0 Å². The lowest BCUT2D eigenvalue weighted by atomic mass is 9.95. The minimum atomic E-state index is -0.816. The Labute approximate surface area is 201 Å². The number of aliphatic hydroxyl groups excluding tert-OH is 1. The molecular weight excluding hydrogens is 452 g/mol. The number of ketones is 1. The third kappa shape index (κ3) is 3.62. The molecule has 0 fully saturated rings. The van der Waals surface area contributed by atoms with E-state index in [1.54, 1.807) is 36.4 Å². The van der Waals surface area contributed by atoms with Gasteiger partial charge in [0.05, 0.1) is 11.6 Å². The molecule has 1 N–H and O–H groups in total. The quantitative estimate of drug-likeness (QED) is 0.364. The van der Waals surface area contributed by atoms with Gasteiger partial charge in [-0.2, -0.15) is 0 Å². The van der Waals surface area contributed by atoms with E-state index in [9.17, 15) is 14.7 Å². The first-order valence-electron chi connectivity index (χ1n) is 10.7. The number of halogens is 1. The molecule has 170 valence electrons. The van der Waals surface area contributed by atoms with Crippen LogP contribution in [0, 0.1) is 0 Å². The van der Waals surface area contributed by atoms with Crippen LogP contribution < -0.4 is 9.80 Å². The number of carbonyl (C=O) groups excluding carboxylic acids is 2. The standard InChI is InChI=1S/C27H21ClN2O4/c1-29(2)19-9-11-20(12-10-19)30-24(16-6-4-3-5-7-16)23(26(32)27(30)33)25(31)22-15-17-14-18(28)8-13-21(17)34-22/h3-15,24,32H,1-2H3. The van der Waals surface area contributed by atoms with Gasteiger partial charge in [0.2, 0.25) is 5.78 Å². The Balaban J connectivity index is 1.62. The third-order valence-electron chi connectivity index (χ3n) is 5.91. The first kappa shape index (κ1) is 21.8. The molecule has 1 aliphatic heterocycles. The molecular formula is C27H21ClN2O4. The van der Waals surface area contributed by atoms with Gasteiger partial charge in [0, 0.05) is 35.9 Å². The number of anilines is 2. The Hall–Kier alpha value is -4.03. The molecule has 1 aliphatic rings. The summed E-state index contributed by atoms with van der Waals surface area (Å²) < 4.78 is 5.76. The lowest BCUT2D eigenvalue weighted by Crippen LogP contribution is -2.31. The van der Waals surface area contributed by atoms with Crippen LogP contribution in [-0.4, -0.2) is 30.9 Å². The van der Waals surface area contributed by atoms with Crippen LogP contribution in [0.4, 0.5) is 11.4 Å². The van der Waals surface area contributed by atoms with E-state index in [0.717, 1.165) is 5.69 Å². The molecule has 34 heavy (non-hydrogen) atoms. The van der Waals surface area contributed by atoms with Gasteiger partial charge in [-0.3, -0.25) is 14.5 Å². The second-order valence-corrected chi connectivity index (χ2v) is 8.72. The summed E-state index contributed by atoms with van der Waals surface area (Å²) in [6, 6.07) is 22.3. The van der Waals surface area contributed by atoms with E-state index in [1.165, 1.54) is 4.90 Å². The fourth-order valence-electron chi connectivity index (χ4n) is 4.22. The van der Waals surface area contributed by atoms with Crippen LogP contribution in [0.5, 0.6) is 0 Å². The van der Waals surface area contributed by atoms with Crippen LogP contribution in [0.15, 0.2) is 94.6 Å². The maximum absolute atomic E-state index is 13.6. The van der Waals surface area contributed by atoms with E-state index in [1.807, 2.05) is 61.5 Å². The molecule has 1 amide bonds. The molecule has 1 atom stereocenters. The molecule has 0 aliphatic carbocycles. The van der Waals surface area contributed by atoms with Crippen molar-refractivity contribution < 1.29 is 19.1 Å². The van der Waals surface area contributed by atoms with E-state index in [0.29, 0.717) is 27.2 Å². The number of benzene rings is 3. The summed E-state index contributed by atoms with van der Waals surface area (Å²) >= 11 is 6.07. The van der Waals surface area contributed by atoms with Gasteiger partial charge in [-0.05, 0) is 54.1 Å². The first-order chi connectivity index (χ1) is 16.3. The highest BCUT2D eigenvalue weighted by Gasteiger charge is 2.45. The molecule has 0 radical (unpaired) electrons. The maximum atomic E-state index is 13.6. The van der Waals surface area contributed by atoms with Gasteiger partial charge in [0.1, 0.15) is 5.58 Å². The molecule has 4 aromatic rings. The van der Waals surface area contributed by atoms with Crippen molar-refractivity contribution in [3.8, 4) is 0 Å². The van der Waals surface area contributed by atoms with Crippen molar-refractivity contribution in [3.63, 3.8) is 0 Å². The second-order valence-electron chi connectivity index (χ2n) is 8.28. The highest BCUT2D eigenvalue weighted by Crippen LogP contribution is 2.42. The van der Waals surface area contributed by atoms with Crippen molar-refractivity contribution in [2.75, 3.05) is 23.9 Å². The van der Waals surface area contributed by atoms with Crippen LogP contribution >= 0.6 is 11.6 Å². The molecule has 2 heterocycles. The van der Waals surface area contributed by atoms with Gasteiger partial charge in [-0.1, -0.05) is 41.9 Å². The van der Waals surface area contributed by atoms with Gasteiger partial charge in [-0.15, -0.1) is 0 Å². The monoisotopic (exact) mass is 472 g/mol. The Morgan fingerprint density at radius 3 is 2.38 bits per heavy atom. The molecule has 0 spiro atoms. The van der Waals surface area contributed by atoms with Crippen molar-refractivity contribution in [2.45, 2.75) is 6.04 Å². The van der Waals surface area contributed by atoms with Gasteiger partial charge in [0.15, 0.2) is 11.5 Å². The summed E-state index contributed by atoms with van der Waals surface area (Å²) in [4.78, 5) is 30.3. The Morgan fingerprint density at radius 2 is 1.71 bits per heavy atom. The van der Waals surface area contributed by atoms with Crippen LogP contribution in [0.1, 0.15) is 22.2 Å². The Morgan fingerprint density at radius 1 is 1.00 bits per heavy atom. The summed E-state index contributed by atoms with van der Waals surface area (Å²) in [7, 11) is 3.85. The number of furan rings is 1. The number of fused-ring (bicyclic) bond motifs is 1. The van der Waals surface area contributed by atoms with Crippen LogP contribution in [-0.2, 0) is 4.79 Å².